The van der Waals surface area contributed by atoms with Crippen LogP contribution in [0.25, 0.3) is 0 Å². The highest BCUT2D eigenvalue weighted by Gasteiger charge is 2.52. The third kappa shape index (κ3) is 3.04. The molecule has 1 saturated carbocycles. The maximum Gasteiger partial charge on any atom is 0.325 e. The highest BCUT2D eigenvalue weighted by Crippen LogP contribution is 2.34. The summed E-state index contributed by atoms with van der Waals surface area (Å²) in [5.74, 6) is -1.10. The van der Waals surface area contributed by atoms with E-state index in [0.29, 0.717) is 12.8 Å². The molecule has 1 aliphatic carbocycles. The Labute approximate surface area is 121 Å². The molecule has 0 bridgehead atoms. The van der Waals surface area contributed by atoms with Gasteiger partial charge in [0.1, 0.15) is 12.1 Å². The van der Waals surface area contributed by atoms with Crippen molar-refractivity contribution >= 4 is 23.9 Å². The third-order valence-corrected chi connectivity index (χ3v) is 3.66. The zero-order valence-corrected chi connectivity index (χ0v) is 11.6. The molecule has 2 aliphatic rings. The predicted octanol–water partition coefficient (Wildman–Crippen LogP) is -0.137. The van der Waals surface area contributed by atoms with Gasteiger partial charge in [-0.3, -0.25) is 19.8 Å². The highest BCUT2D eigenvalue weighted by atomic mass is 16.2. The molecule has 0 atom stereocenters. The zero-order valence-electron chi connectivity index (χ0n) is 11.6. The van der Waals surface area contributed by atoms with E-state index >= 15 is 0 Å². The minimum atomic E-state index is -0.845. The maximum absolute atomic E-state index is 12.3. The van der Waals surface area contributed by atoms with Gasteiger partial charge in [0.2, 0.25) is 5.91 Å². The summed E-state index contributed by atoms with van der Waals surface area (Å²) >= 11 is 0. The molecule has 2 fully saturated rings. The number of carbonyl (C=O) groups excluding carboxylic acids is 4. The summed E-state index contributed by atoms with van der Waals surface area (Å²) in [4.78, 5) is 48.0. The molecule has 8 heteroatoms. The molecule has 0 aromatic heterocycles. The quantitative estimate of drug-likeness (QED) is 0.495. The molecule has 1 heterocycles. The Hall–Kier alpha value is -2.38. The van der Waals surface area contributed by atoms with Crippen LogP contribution in [0.4, 0.5) is 9.59 Å². The Morgan fingerprint density at radius 1 is 1.33 bits per heavy atom. The van der Waals surface area contributed by atoms with Crippen molar-refractivity contribution in [1.82, 2.24) is 20.9 Å². The first-order valence-electron chi connectivity index (χ1n) is 6.81. The molecule has 114 valence electrons. The van der Waals surface area contributed by atoms with Crippen LogP contribution in [-0.2, 0) is 9.59 Å². The van der Waals surface area contributed by atoms with Crippen LogP contribution in [0.1, 0.15) is 25.7 Å². The van der Waals surface area contributed by atoms with Gasteiger partial charge in [-0.15, -0.1) is 6.58 Å². The molecule has 0 unspecified atom stereocenters. The lowest BCUT2D eigenvalue weighted by molar-refractivity contribution is -0.134. The molecule has 1 spiro atoms. The lowest BCUT2D eigenvalue weighted by Gasteiger charge is -2.19. The fourth-order valence-corrected chi connectivity index (χ4v) is 2.66. The summed E-state index contributed by atoms with van der Waals surface area (Å²) in [5.41, 5.74) is -0.845. The molecule has 8 nitrogen and oxygen atoms in total. The first kappa shape index (κ1) is 15.0. The second-order valence-corrected chi connectivity index (χ2v) is 5.16. The number of amides is 6. The summed E-state index contributed by atoms with van der Waals surface area (Å²) in [5, 5.41) is 7.08. The van der Waals surface area contributed by atoms with E-state index in [1.54, 1.807) is 0 Å². The second-order valence-electron chi connectivity index (χ2n) is 5.16. The van der Waals surface area contributed by atoms with E-state index in [-0.39, 0.29) is 12.5 Å². The van der Waals surface area contributed by atoms with E-state index in [4.69, 9.17) is 0 Å². The van der Waals surface area contributed by atoms with Crippen LogP contribution < -0.4 is 16.0 Å². The molecule has 2 rings (SSSR count). The number of rotatable bonds is 4. The van der Waals surface area contributed by atoms with Gasteiger partial charge in [-0.05, 0) is 12.8 Å². The standard InChI is InChI=1S/C13H18N4O4/c1-2-7-14-11(20)15-9(18)8-17-10(19)13(16-12(17)21)5-3-4-6-13/h2H,1,3-8H2,(H,16,21)(H2,14,15,18,20). The van der Waals surface area contributed by atoms with Crippen molar-refractivity contribution in [2.24, 2.45) is 0 Å². The second kappa shape index (κ2) is 5.94. The minimum absolute atomic E-state index is 0.214. The Kier molecular flexibility index (Phi) is 4.25. The van der Waals surface area contributed by atoms with Gasteiger partial charge in [0, 0.05) is 6.54 Å². The minimum Gasteiger partial charge on any atom is -0.334 e. The Balaban J connectivity index is 1.92. The number of hydrogen-bond donors (Lipinski definition) is 3. The zero-order chi connectivity index (χ0) is 15.5. The number of urea groups is 2. The Bertz CT molecular complexity index is 496. The van der Waals surface area contributed by atoms with Crippen molar-refractivity contribution in [3.63, 3.8) is 0 Å². The van der Waals surface area contributed by atoms with Crippen molar-refractivity contribution in [2.75, 3.05) is 13.1 Å². The van der Waals surface area contributed by atoms with E-state index in [9.17, 15) is 19.2 Å². The van der Waals surface area contributed by atoms with Crippen LogP contribution in [0.2, 0.25) is 0 Å². The Morgan fingerprint density at radius 3 is 2.62 bits per heavy atom. The first-order chi connectivity index (χ1) is 9.98. The van der Waals surface area contributed by atoms with Crippen molar-refractivity contribution < 1.29 is 19.2 Å². The SMILES string of the molecule is C=CCNC(=O)NC(=O)CN1C(=O)NC2(CCCC2)C1=O. The number of imide groups is 2. The van der Waals surface area contributed by atoms with Gasteiger partial charge < -0.3 is 10.6 Å². The van der Waals surface area contributed by atoms with Gasteiger partial charge in [-0.25, -0.2) is 9.59 Å². The van der Waals surface area contributed by atoms with E-state index in [0.717, 1.165) is 17.7 Å². The molecule has 1 aliphatic heterocycles. The molecule has 3 N–H and O–H groups in total. The molecule has 0 aromatic carbocycles. The molecular weight excluding hydrogens is 276 g/mol. The molecule has 21 heavy (non-hydrogen) atoms. The summed E-state index contributed by atoms with van der Waals surface area (Å²) in [6, 6.07) is -1.27. The van der Waals surface area contributed by atoms with Gasteiger partial charge >= 0.3 is 12.1 Å². The number of carbonyl (C=O) groups is 4. The van der Waals surface area contributed by atoms with Crippen molar-refractivity contribution in [2.45, 2.75) is 31.2 Å². The predicted molar refractivity (Wildman–Crippen MR) is 73.2 cm³/mol. The average Bonchev–Trinajstić information content (AvgIpc) is 2.98. The first-order valence-corrected chi connectivity index (χ1v) is 6.81. The summed E-state index contributed by atoms with van der Waals surface area (Å²) in [7, 11) is 0. The Morgan fingerprint density at radius 2 is 2.00 bits per heavy atom. The molecule has 0 aromatic rings. The molecule has 1 saturated heterocycles. The van der Waals surface area contributed by atoms with Gasteiger partial charge in [0.05, 0.1) is 0 Å². The van der Waals surface area contributed by atoms with Crippen LogP contribution in [0.15, 0.2) is 12.7 Å². The molecule has 6 amide bonds. The van der Waals surface area contributed by atoms with Crippen LogP contribution in [-0.4, -0.2) is 47.4 Å². The van der Waals surface area contributed by atoms with Crippen molar-refractivity contribution in [1.29, 1.82) is 0 Å². The number of nitrogens with zero attached hydrogens (tertiary/aromatic N) is 1. The van der Waals surface area contributed by atoms with E-state index in [2.05, 4.69) is 22.5 Å². The summed E-state index contributed by atoms with van der Waals surface area (Å²) in [6.45, 7) is 3.17. The fourth-order valence-electron chi connectivity index (χ4n) is 2.66. The lowest BCUT2D eigenvalue weighted by atomic mass is 9.98. The monoisotopic (exact) mass is 294 g/mol. The topological polar surface area (TPSA) is 108 Å². The van der Waals surface area contributed by atoms with Crippen molar-refractivity contribution in [3.8, 4) is 0 Å². The van der Waals surface area contributed by atoms with Gasteiger partial charge in [-0.1, -0.05) is 18.9 Å². The van der Waals surface area contributed by atoms with E-state index in [1.807, 2.05) is 0 Å². The average molecular weight is 294 g/mol. The van der Waals surface area contributed by atoms with Gasteiger partial charge in [-0.2, -0.15) is 0 Å². The number of hydrogen-bond acceptors (Lipinski definition) is 4. The van der Waals surface area contributed by atoms with E-state index in [1.165, 1.54) is 6.08 Å². The summed E-state index contributed by atoms with van der Waals surface area (Å²) in [6.07, 6.45) is 4.39. The highest BCUT2D eigenvalue weighted by molar-refractivity contribution is 6.10. The fraction of sp³-hybridized carbons (Fsp3) is 0.538. The molecule has 0 radical (unpaired) electrons. The van der Waals surface area contributed by atoms with Crippen LogP contribution in [0.3, 0.4) is 0 Å². The largest absolute Gasteiger partial charge is 0.334 e. The number of nitrogens with one attached hydrogen (secondary N) is 3. The summed E-state index contributed by atoms with van der Waals surface area (Å²) < 4.78 is 0. The third-order valence-electron chi connectivity index (χ3n) is 3.66. The van der Waals surface area contributed by atoms with Gasteiger partial charge in [0.25, 0.3) is 5.91 Å². The van der Waals surface area contributed by atoms with Crippen molar-refractivity contribution in [3.05, 3.63) is 12.7 Å². The molecular formula is C13H18N4O4. The van der Waals surface area contributed by atoms with Gasteiger partial charge in [0.15, 0.2) is 0 Å². The maximum atomic E-state index is 12.3. The van der Waals surface area contributed by atoms with Crippen LogP contribution >= 0.6 is 0 Å². The van der Waals surface area contributed by atoms with Crippen LogP contribution in [0.5, 0.6) is 0 Å². The lowest BCUT2D eigenvalue weighted by Crippen LogP contribution is -2.47. The van der Waals surface area contributed by atoms with Crippen LogP contribution in [0, 0.1) is 0 Å². The van der Waals surface area contributed by atoms with E-state index < -0.39 is 30.1 Å². The normalized spacial score (nSPS) is 19.5. The smallest absolute Gasteiger partial charge is 0.325 e.